The molecular formula is C19H20BrN3O4S. The fraction of sp³-hybridized carbons (Fsp3) is 0.158. The van der Waals surface area contributed by atoms with Crippen LogP contribution in [0, 0.1) is 0 Å². The Morgan fingerprint density at radius 2 is 1.93 bits per heavy atom. The summed E-state index contributed by atoms with van der Waals surface area (Å²) in [6.07, 6.45) is 4.44. The Hall–Kier alpha value is -2.65. The molecular weight excluding hydrogens is 446 g/mol. The first-order valence-electron chi connectivity index (χ1n) is 7.97. The van der Waals surface area contributed by atoms with E-state index in [2.05, 4.69) is 28.2 Å². The Morgan fingerprint density at radius 1 is 1.25 bits per heavy atom. The van der Waals surface area contributed by atoms with Gasteiger partial charge in [-0.15, -0.1) is 30.1 Å². The number of nitrogens with zero attached hydrogens (tertiary/aromatic N) is 2. The van der Waals surface area contributed by atoms with Crippen molar-refractivity contribution >= 4 is 57.4 Å². The molecule has 1 saturated heterocycles. The quantitative estimate of drug-likeness (QED) is 0.379. The van der Waals surface area contributed by atoms with Crippen LogP contribution in [0.1, 0.15) is 10.4 Å². The molecule has 2 rings (SSSR count). The number of hydrogen-bond acceptors (Lipinski definition) is 6. The van der Waals surface area contributed by atoms with Crippen LogP contribution in [0.15, 0.2) is 65.5 Å². The molecule has 2 amide bonds. The number of amidine groups is 1. The van der Waals surface area contributed by atoms with Crippen molar-refractivity contribution in [2.24, 2.45) is 4.99 Å². The van der Waals surface area contributed by atoms with Crippen molar-refractivity contribution in [3.63, 3.8) is 0 Å². The van der Waals surface area contributed by atoms with Gasteiger partial charge in [-0.1, -0.05) is 12.2 Å². The minimum Gasteiger partial charge on any atom is -0.465 e. The molecule has 1 aromatic carbocycles. The van der Waals surface area contributed by atoms with E-state index in [-0.39, 0.29) is 27.8 Å². The molecule has 1 aromatic rings. The molecule has 1 N–H and O–H groups in total. The predicted octanol–water partition coefficient (Wildman–Crippen LogP) is 3.18. The molecule has 0 spiro atoms. The highest BCUT2D eigenvalue weighted by Gasteiger charge is 2.32. The number of nitrogens with one attached hydrogen (secondary N) is 1. The number of anilines is 1. The first kappa shape index (κ1) is 23.4. The van der Waals surface area contributed by atoms with Gasteiger partial charge in [0.2, 0.25) is 5.91 Å². The summed E-state index contributed by atoms with van der Waals surface area (Å²) in [5, 5.41) is 3.15. The number of ether oxygens (including phenoxy) is 1. The van der Waals surface area contributed by atoms with E-state index in [1.807, 2.05) is 0 Å². The normalized spacial score (nSPS) is 15.9. The van der Waals surface area contributed by atoms with Gasteiger partial charge in [-0.05, 0) is 36.0 Å². The second-order valence-corrected chi connectivity index (χ2v) is 6.29. The number of thioether (sulfide) groups is 1. The summed E-state index contributed by atoms with van der Waals surface area (Å²) in [5.74, 6) is -1.23. The van der Waals surface area contributed by atoms with E-state index in [0.717, 1.165) is 11.8 Å². The molecule has 1 heterocycles. The van der Waals surface area contributed by atoms with Crippen LogP contribution in [0.4, 0.5) is 5.69 Å². The van der Waals surface area contributed by atoms with Gasteiger partial charge in [0.05, 0.1) is 24.1 Å². The number of carbonyl (C=O) groups is 3. The predicted molar refractivity (Wildman–Crippen MR) is 117 cm³/mol. The molecule has 0 saturated carbocycles. The maximum absolute atomic E-state index is 12.5. The number of esters is 1. The number of rotatable bonds is 7. The largest absolute Gasteiger partial charge is 0.465 e. The minimum atomic E-state index is -0.461. The third-order valence-corrected chi connectivity index (χ3v) is 4.44. The van der Waals surface area contributed by atoms with Crippen molar-refractivity contribution < 1.29 is 19.1 Å². The second kappa shape index (κ2) is 11.3. The molecule has 0 radical (unpaired) electrons. The molecule has 0 aliphatic carbocycles. The molecule has 0 unspecified atom stereocenters. The summed E-state index contributed by atoms with van der Waals surface area (Å²) in [6.45, 7) is 7.90. The van der Waals surface area contributed by atoms with Gasteiger partial charge in [-0.3, -0.25) is 19.5 Å². The topological polar surface area (TPSA) is 88.1 Å². The highest BCUT2D eigenvalue weighted by atomic mass is 79.9. The monoisotopic (exact) mass is 465 g/mol. The summed E-state index contributed by atoms with van der Waals surface area (Å²) in [4.78, 5) is 42.1. The minimum absolute atomic E-state index is 0. The molecule has 9 heteroatoms. The molecule has 28 heavy (non-hydrogen) atoms. The standard InChI is InChI=1S/C19H19N3O4S.BrH/c1-4-10-20-19-22(11-5-2)17(24)15(27-19)12-16(23)21-14-8-6-13(7-9-14)18(25)26-3;/h4-9,12H,1-2,10-11H2,3H3,(H,21,23);1H/b15-12+,20-19?;. The molecule has 1 fully saturated rings. The summed E-state index contributed by atoms with van der Waals surface area (Å²) in [7, 11) is 1.29. The van der Waals surface area contributed by atoms with Crippen molar-refractivity contribution in [2.45, 2.75) is 0 Å². The number of benzene rings is 1. The Kier molecular flexibility index (Phi) is 9.40. The van der Waals surface area contributed by atoms with Crippen LogP contribution in [0.25, 0.3) is 0 Å². The van der Waals surface area contributed by atoms with Crippen molar-refractivity contribution in [1.29, 1.82) is 0 Å². The molecule has 0 atom stereocenters. The van der Waals surface area contributed by atoms with Crippen LogP contribution in [0.5, 0.6) is 0 Å². The van der Waals surface area contributed by atoms with Crippen LogP contribution >= 0.6 is 28.7 Å². The first-order chi connectivity index (χ1) is 13.0. The van der Waals surface area contributed by atoms with Gasteiger partial charge in [0.1, 0.15) is 0 Å². The Morgan fingerprint density at radius 3 is 2.50 bits per heavy atom. The van der Waals surface area contributed by atoms with Crippen molar-refractivity contribution in [3.8, 4) is 0 Å². The van der Waals surface area contributed by atoms with Gasteiger partial charge >= 0.3 is 5.97 Å². The smallest absolute Gasteiger partial charge is 0.337 e. The van der Waals surface area contributed by atoms with Crippen LogP contribution in [0.3, 0.4) is 0 Å². The van der Waals surface area contributed by atoms with Gasteiger partial charge in [0.15, 0.2) is 5.17 Å². The molecule has 0 bridgehead atoms. The number of amides is 2. The molecule has 7 nitrogen and oxygen atoms in total. The van der Waals surface area contributed by atoms with Gasteiger partial charge in [-0.2, -0.15) is 0 Å². The Balaban J connectivity index is 0.00000392. The van der Waals surface area contributed by atoms with Crippen LogP contribution in [-0.4, -0.2) is 48.1 Å². The van der Waals surface area contributed by atoms with E-state index >= 15 is 0 Å². The third-order valence-electron chi connectivity index (χ3n) is 3.39. The van der Waals surface area contributed by atoms with E-state index in [4.69, 9.17) is 0 Å². The summed E-state index contributed by atoms with van der Waals surface area (Å²) >= 11 is 1.12. The maximum Gasteiger partial charge on any atom is 0.337 e. The average Bonchev–Trinajstić information content (AvgIpc) is 2.95. The second-order valence-electron chi connectivity index (χ2n) is 5.29. The summed E-state index contributed by atoms with van der Waals surface area (Å²) < 4.78 is 4.62. The van der Waals surface area contributed by atoms with Gasteiger partial charge < -0.3 is 10.1 Å². The van der Waals surface area contributed by atoms with Crippen LogP contribution < -0.4 is 5.32 Å². The average molecular weight is 466 g/mol. The van der Waals surface area contributed by atoms with E-state index in [0.29, 0.717) is 29.5 Å². The SMILES string of the molecule is Br.C=CCN=C1S/C(=C/C(=O)Nc2ccc(C(=O)OC)cc2)C(=O)N1CC=C. The van der Waals surface area contributed by atoms with Gasteiger partial charge in [0, 0.05) is 18.3 Å². The lowest BCUT2D eigenvalue weighted by Crippen LogP contribution is -2.29. The Bertz CT molecular complexity index is 834. The van der Waals surface area contributed by atoms with Gasteiger partial charge in [0.25, 0.3) is 5.91 Å². The summed E-state index contributed by atoms with van der Waals surface area (Å²) in [5.41, 5.74) is 0.863. The fourth-order valence-corrected chi connectivity index (χ4v) is 3.13. The first-order valence-corrected chi connectivity index (χ1v) is 8.78. The lowest BCUT2D eigenvalue weighted by Gasteiger charge is -2.12. The number of halogens is 1. The Labute approximate surface area is 178 Å². The molecule has 148 valence electrons. The third kappa shape index (κ3) is 5.93. The van der Waals surface area contributed by atoms with Crippen LogP contribution in [0.2, 0.25) is 0 Å². The van der Waals surface area contributed by atoms with E-state index < -0.39 is 11.9 Å². The highest BCUT2D eigenvalue weighted by molar-refractivity contribution is 8.93. The molecule has 1 aliphatic rings. The van der Waals surface area contributed by atoms with Crippen molar-refractivity contribution in [1.82, 2.24) is 4.90 Å². The fourth-order valence-electron chi connectivity index (χ4n) is 2.16. The number of hydrogen-bond donors (Lipinski definition) is 1. The molecule has 1 aliphatic heterocycles. The number of aliphatic imine (C=N–C) groups is 1. The highest BCUT2D eigenvalue weighted by Crippen LogP contribution is 2.30. The number of methoxy groups -OCH3 is 1. The summed E-state index contributed by atoms with van der Waals surface area (Å²) in [6, 6.07) is 6.23. The van der Waals surface area contributed by atoms with Crippen LogP contribution in [-0.2, 0) is 14.3 Å². The zero-order valence-corrected chi connectivity index (χ0v) is 17.7. The van der Waals surface area contributed by atoms with Crippen molar-refractivity contribution in [3.05, 3.63) is 66.1 Å². The number of carbonyl (C=O) groups excluding carboxylic acids is 3. The van der Waals surface area contributed by atoms with Gasteiger partial charge in [-0.25, -0.2) is 4.79 Å². The lowest BCUT2D eigenvalue weighted by atomic mass is 10.2. The lowest BCUT2D eigenvalue weighted by molar-refractivity contribution is -0.122. The van der Waals surface area contributed by atoms with E-state index in [1.165, 1.54) is 30.2 Å². The zero-order chi connectivity index (χ0) is 19.8. The van der Waals surface area contributed by atoms with Crippen molar-refractivity contribution in [2.75, 3.05) is 25.5 Å². The zero-order valence-electron chi connectivity index (χ0n) is 15.2. The van der Waals surface area contributed by atoms with E-state index in [1.54, 1.807) is 24.3 Å². The molecule has 0 aromatic heterocycles. The van der Waals surface area contributed by atoms with E-state index in [9.17, 15) is 14.4 Å². The maximum atomic E-state index is 12.5.